The number of amides is 1. The second-order valence-electron chi connectivity index (χ2n) is 5.86. The average Bonchev–Trinajstić information content (AvgIpc) is 2.95. The number of hydrogen-bond donors (Lipinski definition) is 1. The molecule has 0 aromatic heterocycles. The predicted molar refractivity (Wildman–Crippen MR) is 88.4 cm³/mol. The number of nitrogens with zero attached hydrogens (tertiary/aromatic N) is 1. The maximum absolute atomic E-state index is 13.2. The number of hydrogen-bond acceptors (Lipinski definition) is 3. The lowest BCUT2D eigenvalue weighted by Gasteiger charge is -2.17. The molecule has 1 aliphatic heterocycles. The van der Waals surface area contributed by atoms with Gasteiger partial charge in [0, 0.05) is 25.2 Å². The van der Waals surface area contributed by atoms with Crippen LogP contribution in [0.5, 0.6) is 0 Å². The van der Waals surface area contributed by atoms with Gasteiger partial charge in [0.1, 0.15) is 11.6 Å². The monoisotopic (exact) mass is 366 g/mol. The van der Waals surface area contributed by atoms with E-state index in [0.717, 1.165) is 12.1 Å². The molecule has 0 bridgehead atoms. The van der Waals surface area contributed by atoms with Gasteiger partial charge in [-0.3, -0.25) is 4.79 Å². The van der Waals surface area contributed by atoms with Crippen molar-refractivity contribution in [2.45, 2.75) is 11.3 Å². The molecule has 3 rings (SSSR count). The first-order valence-corrected chi connectivity index (χ1v) is 9.14. The van der Waals surface area contributed by atoms with Crippen molar-refractivity contribution in [1.29, 1.82) is 0 Å². The first kappa shape index (κ1) is 17.5. The van der Waals surface area contributed by atoms with Gasteiger partial charge >= 0.3 is 0 Å². The highest BCUT2D eigenvalue weighted by molar-refractivity contribution is 7.89. The summed E-state index contributed by atoms with van der Waals surface area (Å²) in [6, 6.07) is 10.3. The molecule has 0 saturated carbocycles. The van der Waals surface area contributed by atoms with E-state index in [1.165, 1.54) is 41.3 Å². The number of sulfonamides is 1. The Morgan fingerprint density at radius 3 is 2.48 bits per heavy atom. The van der Waals surface area contributed by atoms with Crippen LogP contribution in [0, 0.1) is 17.6 Å². The summed E-state index contributed by atoms with van der Waals surface area (Å²) in [7, 11) is -3.84. The van der Waals surface area contributed by atoms with Crippen LogP contribution >= 0.6 is 0 Å². The molecule has 1 heterocycles. The van der Waals surface area contributed by atoms with Gasteiger partial charge in [0.2, 0.25) is 15.9 Å². The Labute approximate surface area is 144 Å². The maximum atomic E-state index is 13.2. The summed E-state index contributed by atoms with van der Waals surface area (Å²) < 4.78 is 53.0. The van der Waals surface area contributed by atoms with E-state index in [0.29, 0.717) is 12.2 Å². The Morgan fingerprint density at radius 2 is 1.80 bits per heavy atom. The van der Waals surface area contributed by atoms with Gasteiger partial charge in [-0.2, -0.15) is 0 Å². The second-order valence-corrected chi connectivity index (χ2v) is 7.63. The van der Waals surface area contributed by atoms with E-state index in [1.54, 1.807) is 0 Å². The summed E-state index contributed by atoms with van der Waals surface area (Å²) in [5.74, 6) is -1.40. The lowest BCUT2D eigenvalue weighted by atomic mass is 10.1. The Hall–Kier alpha value is -2.32. The predicted octanol–water partition coefficient (Wildman–Crippen LogP) is 2.30. The van der Waals surface area contributed by atoms with Gasteiger partial charge < -0.3 is 4.90 Å². The quantitative estimate of drug-likeness (QED) is 0.883. The van der Waals surface area contributed by atoms with Gasteiger partial charge in [0.15, 0.2) is 0 Å². The highest BCUT2D eigenvalue weighted by atomic mass is 32.2. The fourth-order valence-electron chi connectivity index (χ4n) is 2.73. The summed E-state index contributed by atoms with van der Waals surface area (Å²) in [4.78, 5) is 13.5. The van der Waals surface area contributed by atoms with E-state index < -0.39 is 21.7 Å². The molecule has 2 aromatic rings. The molecule has 5 nitrogen and oxygen atoms in total. The van der Waals surface area contributed by atoms with Gasteiger partial charge in [-0.15, -0.1) is 0 Å². The van der Waals surface area contributed by atoms with E-state index in [2.05, 4.69) is 4.72 Å². The van der Waals surface area contributed by atoms with Crippen LogP contribution in [0.25, 0.3) is 0 Å². The minimum absolute atomic E-state index is 0.0578. The Balaban J connectivity index is 1.65. The lowest BCUT2D eigenvalue weighted by molar-refractivity contribution is -0.117. The van der Waals surface area contributed by atoms with E-state index in [1.807, 2.05) is 0 Å². The van der Waals surface area contributed by atoms with Crippen molar-refractivity contribution < 1.29 is 22.0 Å². The second kappa shape index (κ2) is 6.89. The van der Waals surface area contributed by atoms with Gasteiger partial charge in [-0.25, -0.2) is 21.9 Å². The summed E-state index contributed by atoms with van der Waals surface area (Å²) in [6.07, 6.45) is 0.184. The van der Waals surface area contributed by atoms with Crippen molar-refractivity contribution in [3.05, 3.63) is 60.2 Å². The minimum Gasteiger partial charge on any atom is -0.312 e. The molecule has 0 unspecified atom stereocenters. The van der Waals surface area contributed by atoms with Gasteiger partial charge in [0.25, 0.3) is 0 Å². The number of carbonyl (C=O) groups is 1. The van der Waals surface area contributed by atoms with Crippen molar-refractivity contribution in [3.63, 3.8) is 0 Å². The molecule has 25 heavy (non-hydrogen) atoms. The van der Waals surface area contributed by atoms with Crippen LogP contribution in [0.1, 0.15) is 6.42 Å². The van der Waals surface area contributed by atoms with Crippen LogP contribution in [-0.4, -0.2) is 27.4 Å². The average molecular weight is 366 g/mol. The molecule has 1 fully saturated rings. The fraction of sp³-hybridized carbons (Fsp3) is 0.235. The van der Waals surface area contributed by atoms with Crippen LogP contribution in [0.2, 0.25) is 0 Å². The Morgan fingerprint density at radius 1 is 1.08 bits per heavy atom. The lowest BCUT2D eigenvalue weighted by Crippen LogP contribution is -2.31. The van der Waals surface area contributed by atoms with E-state index in [9.17, 15) is 22.0 Å². The largest absolute Gasteiger partial charge is 0.312 e. The van der Waals surface area contributed by atoms with Crippen molar-refractivity contribution in [1.82, 2.24) is 4.72 Å². The molecule has 1 amide bonds. The molecule has 0 aliphatic carbocycles. The number of nitrogens with one attached hydrogen (secondary N) is 1. The topological polar surface area (TPSA) is 66.5 Å². The van der Waals surface area contributed by atoms with E-state index >= 15 is 0 Å². The summed E-state index contributed by atoms with van der Waals surface area (Å²) in [6.45, 7) is 0.387. The molecule has 1 N–H and O–H groups in total. The Bertz CT molecular complexity index is 885. The molecule has 0 spiro atoms. The first-order chi connectivity index (χ1) is 11.8. The third kappa shape index (κ3) is 4.02. The van der Waals surface area contributed by atoms with Gasteiger partial charge in [-0.05, 0) is 48.4 Å². The minimum atomic E-state index is -3.84. The summed E-state index contributed by atoms with van der Waals surface area (Å²) in [5, 5.41) is 0. The SMILES string of the molecule is O=C1C[C@@H](CNS(=O)(=O)c2cccc(F)c2)CN1c1ccc(F)cc1. The molecule has 132 valence electrons. The van der Waals surface area contributed by atoms with Crippen LogP contribution in [0.15, 0.2) is 53.4 Å². The zero-order valence-electron chi connectivity index (χ0n) is 13.2. The molecule has 8 heteroatoms. The summed E-state index contributed by atoms with van der Waals surface area (Å²) in [5.41, 5.74) is 0.571. The molecule has 1 aliphatic rings. The van der Waals surface area contributed by atoms with E-state index in [4.69, 9.17) is 0 Å². The fourth-order valence-corrected chi connectivity index (χ4v) is 3.88. The first-order valence-electron chi connectivity index (χ1n) is 7.66. The van der Waals surface area contributed by atoms with E-state index in [-0.39, 0.29) is 29.7 Å². The number of carbonyl (C=O) groups excluding carboxylic acids is 1. The van der Waals surface area contributed by atoms with Crippen LogP contribution in [0.4, 0.5) is 14.5 Å². The van der Waals surface area contributed by atoms with Crippen LogP contribution in [0.3, 0.4) is 0 Å². The normalized spacial score (nSPS) is 17.9. The molecule has 1 saturated heterocycles. The van der Waals surface area contributed by atoms with Crippen molar-refractivity contribution in [2.75, 3.05) is 18.0 Å². The van der Waals surface area contributed by atoms with Crippen LogP contribution < -0.4 is 9.62 Å². The van der Waals surface area contributed by atoms with Gasteiger partial charge in [0.05, 0.1) is 4.90 Å². The van der Waals surface area contributed by atoms with Gasteiger partial charge in [-0.1, -0.05) is 6.07 Å². The number of benzene rings is 2. The molecule has 1 atom stereocenters. The molecular weight excluding hydrogens is 350 g/mol. The molecule has 2 aromatic carbocycles. The summed E-state index contributed by atoms with van der Waals surface area (Å²) >= 11 is 0. The third-order valence-corrected chi connectivity index (χ3v) is 5.43. The zero-order chi connectivity index (χ0) is 18.0. The number of rotatable bonds is 5. The van der Waals surface area contributed by atoms with Crippen molar-refractivity contribution in [2.24, 2.45) is 5.92 Å². The molecule has 0 radical (unpaired) electrons. The smallest absolute Gasteiger partial charge is 0.240 e. The Kier molecular flexibility index (Phi) is 4.82. The van der Waals surface area contributed by atoms with Crippen LogP contribution in [-0.2, 0) is 14.8 Å². The maximum Gasteiger partial charge on any atom is 0.240 e. The highest BCUT2D eigenvalue weighted by Crippen LogP contribution is 2.25. The standard InChI is InChI=1S/C17H16F2N2O3S/c18-13-4-6-15(7-5-13)21-11-12(8-17(21)22)10-20-25(23,24)16-3-1-2-14(19)9-16/h1-7,9,12,20H,8,10-11H2/t12-/m0/s1. The zero-order valence-corrected chi connectivity index (χ0v) is 14.0. The highest BCUT2D eigenvalue weighted by Gasteiger charge is 2.31. The van der Waals surface area contributed by atoms with Crippen molar-refractivity contribution >= 4 is 21.6 Å². The number of halogens is 2. The van der Waals surface area contributed by atoms with Crippen molar-refractivity contribution in [3.8, 4) is 0 Å². The third-order valence-electron chi connectivity index (χ3n) is 4.01. The number of anilines is 1. The molecular formula is C17H16F2N2O3S.